The highest BCUT2D eigenvalue weighted by Gasteiger charge is 2.23. The number of hydrogen-bond acceptors (Lipinski definition) is 9. The number of benzene rings is 1. The largest absolute Gasteiger partial charge is 0.495 e. The van der Waals surface area contributed by atoms with Gasteiger partial charge in [0.15, 0.2) is 5.65 Å². The number of carbonyl (C=O) groups is 1. The second-order valence-corrected chi connectivity index (χ2v) is 10.7. The van der Waals surface area contributed by atoms with Gasteiger partial charge in [-0.2, -0.15) is 20.2 Å². The van der Waals surface area contributed by atoms with Crippen molar-refractivity contribution in [3.63, 3.8) is 0 Å². The van der Waals surface area contributed by atoms with E-state index in [4.69, 9.17) is 14.7 Å². The van der Waals surface area contributed by atoms with Gasteiger partial charge in [-0.15, -0.1) is 0 Å². The van der Waals surface area contributed by atoms with Gasteiger partial charge in [-0.1, -0.05) is 19.3 Å². The lowest BCUT2D eigenvalue weighted by Crippen LogP contribution is -2.47. The molecular weight excluding hydrogens is 508 g/mol. The molecule has 12 heteroatoms. The number of rotatable bonds is 7. The topological polar surface area (TPSA) is 129 Å². The number of ether oxygens (including phenoxy) is 1. The van der Waals surface area contributed by atoms with Crippen molar-refractivity contribution in [2.45, 2.75) is 38.1 Å². The molecular formula is C28H36N10O2. The van der Waals surface area contributed by atoms with E-state index in [0.29, 0.717) is 47.7 Å². The predicted molar refractivity (Wildman–Crippen MR) is 154 cm³/mol. The third-order valence-corrected chi connectivity index (χ3v) is 7.84. The van der Waals surface area contributed by atoms with Crippen LogP contribution in [0.5, 0.6) is 5.75 Å². The normalized spacial score (nSPS) is 16.8. The molecule has 1 aliphatic heterocycles. The number of piperazine rings is 1. The maximum absolute atomic E-state index is 13.1. The summed E-state index contributed by atoms with van der Waals surface area (Å²) in [5.41, 5.74) is 3.57. The van der Waals surface area contributed by atoms with Crippen LogP contribution in [0.15, 0.2) is 30.6 Å². The average Bonchev–Trinajstić information content (AvgIpc) is 3.60. The first-order valence-electron chi connectivity index (χ1n) is 13.9. The minimum Gasteiger partial charge on any atom is -0.495 e. The Bertz CT molecular complexity index is 1500. The number of amides is 1. The number of aryl methyl sites for hydroxylation is 1. The van der Waals surface area contributed by atoms with E-state index < -0.39 is 0 Å². The summed E-state index contributed by atoms with van der Waals surface area (Å²) in [6, 6.07) is 5.78. The van der Waals surface area contributed by atoms with Crippen LogP contribution in [-0.2, 0) is 7.05 Å². The fourth-order valence-corrected chi connectivity index (χ4v) is 5.52. The van der Waals surface area contributed by atoms with Crippen molar-refractivity contribution in [3.05, 3.63) is 36.2 Å². The molecule has 0 atom stereocenters. The van der Waals surface area contributed by atoms with E-state index in [-0.39, 0.29) is 5.91 Å². The number of aromatic amines is 1. The summed E-state index contributed by atoms with van der Waals surface area (Å²) in [7, 11) is 5.56. The van der Waals surface area contributed by atoms with Crippen LogP contribution in [0.1, 0.15) is 42.5 Å². The van der Waals surface area contributed by atoms with E-state index in [1.807, 2.05) is 30.3 Å². The van der Waals surface area contributed by atoms with Crippen LogP contribution in [0, 0.1) is 0 Å². The number of methoxy groups -OCH3 is 1. The second kappa shape index (κ2) is 11.1. The highest BCUT2D eigenvalue weighted by molar-refractivity contribution is 5.99. The molecule has 6 rings (SSSR count). The maximum atomic E-state index is 13.1. The molecule has 1 aliphatic carbocycles. The Labute approximate surface area is 233 Å². The molecule has 3 N–H and O–H groups in total. The van der Waals surface area contributed by atoms with Crippen molar-refractivity contribution in [2.24, 2.45) is 7.05 Å². The first kappa shape index (κ1) is 26.1. The molecule has 12 nitrogen and oxygen atoms in total. The Morgan fingerprint density at radius 2 is 1.88 bits per heavy atom. The fraction of sp³-hybridized carbons (Fsp3) is 0.464. The van der Waals surface area contributed by atoms with E-state index in [2.05, 4.69) is 37.9 Å². The number of likely N-dealkylation sites (N-methyl/N-ethyl adjacent to an activating group) is 1. The van der Waals surface area contributed by atoms with Gasteiger partial charge >= 0.3 is 0 Å². The van der Waals surface area contributed by atoms with E-state index in [1.165, 1.54) is 19.3 Å². The van der Waals surface area contributed by atoms with Gasteiger partial charge in [-0.25, -0.2) is 0 Å². The summed E-state index contributed by atoms with van der Waals surface area (Å²) in [6.07, 6.45) is 9.63. The number of aromatic nitrogens is 6. The number of nitrogens with zero attached hydrogens (tertiary/aromatic N) is 7. The molecule has 3 aromatic heterocycles. The number of fused-ring (bicyclic) bond motifs is 1. The van der Waals surface area contributed by atoms with Crippen molar-refractivity contribution in [2.75, 3.05) is 51.0 Å². The van der Waals surface area contributed by atoms with E-state index in [0.717, 1.165) is 48.4 Å². The Morgan fingerprint density at radius 1 is 1.07 bits per heavy atom. The molecule has 2 aliphatic rings. The van der Waals surface area contributed by atoms with Crippen molar-refractivity contribution in [3.8, 4) is 17.0 Å². The Balaban J connectivity index is 1.31. The van der Waals surface area contributed by atoms with Crippen LogP contribution in [0.3, 0.4) is 0 Å². The van der Waals surface area contributed by atoms with Gasteiger partial charge in [0.1, 0.15) is 11.6 Å². The minimum absolute atomic E-state index is 0.00837. The highest BCUT2D eigenvalue weighted by Crippen LogP contribution is 2.34. The van der Waals surface area contributed by atoms with Crippen LogP contribution in [0.4, 0.5) is 17.5 Å². The number of carbonyl (C=O) groups excluding carboxylic acids is 1. The van der Waals surface area contributed by atoms with E-state index in [9.17, 15) is 4.79 Å². The number of nitrogens with one attached hydrogen (secondary N) is 3. The average molecular weight is 545 g/mol. The fourth-order valence-electron chi connectivity index (χ4n) is 5.52. The first-order chi connectivity index (χ1) is 19.5. The molecule has 1 aromatic carbocycles. The second-order valence-electron chi connectivity index (χ2n) is 10.7. The molecule has 0 bridgehead atoms. The standard InChI is InChI=1S/C28H36N10O2/c1-36-11-13-38(14-12-36)27(39)18-9-10-21(22(15-18)40-3)31-28-32-25(30-20-7-5-4-6-8-20)23-24(34-35-26(23)33-28)19-16-29-37(2)17-19/h9-10,15-17,20H,4-8,11-14H2,1-3H3,(H3,30,31,32,33,34,35). The molecule has 0 radical (unpaired) electrons. The molecule has 1 saturated heterocycles. The minimum atomic E-state index is 0.00837. The third kappa shape index (κ3) is 5.31. The molecule has 1 amide bonds. The van der Waals surface area contributed by atoms with Gasteiger partial charge in [-0.05, 0) is 38.1 Å². The molecule has 210 valence electrons. The first-order valence-corrected chi connectivity index (χ1v) is 13.9. The van der Waals surface area contributed by atoms with Crippen LogP contribution < -0.4 is 15.4 Å². The molecule has 0 unspecified atom stereocenters. The maximum Gasteiger partial charge on any atom is 0.254 e. The van der Waals surface area contributed by atoms with Crippen LogP contribution in [-0.4, -0.2) is 92.0 Å². The third-order valence-electron chi connectivity index (χ3n) is 7.84. The van der Waals surface area contributed by atoms with Crippen LogP contribution >= 0.6 is 0 Å². The molecule has 4 heterocycles. The summed E-state index contributed by atoms with van der Waals surface area (Å²) in [6.45, 7) is 3.17. The summed E-state index contributed by atoms with van der Waals surface area (Å²) in [5, 5.41) is 19.8. The number of anilines is 3. The van der Waals surface area contributed by atoms with E-state index >= 15 is 0 Å². The Kier molecular flexibility index (Phi) is 7.25. The molecule has 4 aromatic rings. The van der Waals surface area contributed by atoms with Crippen LogP contribution in [0.25, 0.3) is 22.3 Å². The monoisotopic (exact) mass is 544 g/mol. The Hall–Kier alpha value is -4.19. The summed E-state index contributed by atoms with van der Waals surface area (Å²) < 4.78 is 7.43. The zero-order chi connectivity index (χ0) is 27.6. The number of H-pyrrole nitrogens is 1. The van der Waals surface area contributed by atoms with Gasteiger partial charge in [0, 0.05) is 56.6 Å². The predicted octanol–water partition coefficient (Wildman–Crippen LogP) is 3.64. The lowest BCUT2D eigenvalue weighted by atomic mass is 9.95. The van der Waals surface area contributed by atoms with Crippen molar-refractivity contribution >= 4 is 34.4 Å². The Morgan fingerprint density at radius 3 is 2.60 bits per heavy atom. The summed E-state index contributed by atoms with van der Waals surface area (Å²) in [5.74, 6) is 1.68. The summed E-state index contributed by atoms with van der Waals surface area (Å²) >= 11 is 0. The molecule has 40 heavy (non-hydrogen) atoms. The van der Waals surface area contributed by atoms with Gasteiger partial charge in [0.25, 0.3) is 5.91 Å². The van der Waals surface area contributed by atoms with Gasteiger partial charge in [-0.3, -0.25) is 14.6 Å². The van der Waals surface area contributed by atoms with Crippen LogP contribution in [0.2, 0.25) is 0 Å². The zero-order valence-electron chi connectivity index (χ0n) is 23.3. The molecule has 0 spiro atoms. The van der Waals surface area contributed by atoms with Gasteiger partial charge in [0.05, 0.1) is 30.1 Å². The van der Waals surface area contributed by atoms with Gasteiger partial charge < -0.3 is 25.2 Å². The van der Waals surface area contributed by atoms with Crippen molar-refractivity contribution in [1.29, 1.82) is 0 Å². The highest BCUT2D eigenvalue weighted by atomic mass is 16.5. The lowest BCUT2D eigenvalue weighted by Gasteiger charge is -2.32. The SMILES string of the molecule is COc1cc(C(=O)N2CCN(C)CC2)ccc1Nc1nc(NC2CCCCC2)c2c(-c3cnn(C)c3)[nH]nc2n1. The molecule has 2 fully saturated rings. The molecule has 1 saturated carbocycles. The lowest BCUT2D eigenvalue weighted by molar-refractivity contribution is 0.0664. The smallest absolute Gasteiger partial charge is 0.254 e. The van der Waals surface area contributed by atoms with Crippen molar-refractivity contribution < 1.29 is 9.53 Å². The zero-order valence-corrected chi connectivity index (χ0v) is 23.3. The summed E-state index contributed by atoms with van der Waals surface area (Å²) in [4.78, 5) is 26.9. The van der Waals surface area contributed by atoms with Gasteiger partial charge in [0.2, 0.25) is 5.95 Å². The van der Waals surface area contributed by atoms with E-state index in [1.54, 1.807) is 24.1 Å². The van der Waals surface area contributed by atoms with Crippen molar-refractivity contribution in [1.82, 2.24) is 39.7 Å². The number of hydrogen-bond donors (Lipinski definition) is 3. The quantitative estimate of drug-likeness (QED) is 0.319.